The smallest absolute Gasteiger partial charge is 0.243 e. The van der Waals surface area contributed by atoms with Gasteiger partial charge in [0, 0.05) is 57.7 Å². The molecule has 4 aromatic carbocycles. The Bertz CT molecular complexity index is 2830. The lowest BCUT2D eigenvalue weighted by molar-refractivity contribution is -0.136. The fraction of sp³-hybridized carbons (Fsp3) is 0.418. The first kappa shape index (κ1) is 56.9. The van der Waals surface area contributed by atoms with E-state index in [0.717, 1.165) is 27.1 Å². The van der Waals surface area contributed by atoms with Gasteiger partial charge in [0.25, 0.3) is 0 Å². The minimum Gasteiger partial charge on any atom is -0.370 e. The van der Waals surface area contributed by atoms with Crippen molar-refractivity contribution in [1.82, 2.24) is 52.5 Å². The summed E-state index contributed by atoms with van der Waals surface area (Å²) in [6.45, 7) is 3.75. The Morgan fingerprint density at radius 1 is 0.697 bits per heavy atom. The fourth-order valence-corrected chi connectivity index (χ4v) is 9.05. The van der Waals surface area contributed by atoms with Gasteiger partial charge in [-0.15, -0.1) is 0 Å². The molecule has 0 radical (unpaired) electrons. The number of imidazole rings is 1. The van der Waals surface area contributed by atoms with Crippen LogP contribution in [0.4, 0.5) is 0 Å². The van der Waals surface area contributed by atoms with Crippen LogP contribution in [0.3, 0.4) is 0 Å². The summed E-state index contributed by atoms with van der Waals surface area (Å²) in [6.07, 6.45) is 5.58. The molecule has 1 aliphatic heterocycles. The zero-order valence-corrected chi connectivity index (χ0v) is 43.1. The number of carbonyl (C=O) groups is 8. The van der Waals surface area contributed by atoms with E-state index < -0.39 is 89.9 Å². The monoisotopic (exact) mass is 1040 g/mol. The van der Waals surface area contributed by atoms with Crippen molar-refractivity contribution in [3.05, 3.63) is 114 Å². The molecule has 1 saturated heterocycles. The van der Waals surface area contributed by atoms with Crippen LogP contribution in [0.25, 0.3) is 21.5 Å². The first-order chi connectivity index (χ1) is 36.7. The largest absolute Gasteiger partial charge is 0.370 e. The van der Waals surface area contributed by atoms with E-state index in [1.807, 2.05) is 91.9 Å². The zero-order chi connectivity index (χ0) is 54.4. The third-order valence-corrected chi connectivity index (χ3v) is 13.1. The molecule has 21 nitrogen and oxygen atoms in total. The first-order valence-electron chi connectivity index (χ1n) is 26.0. The second-order valence-electron chi connectivity index (χ2n) is 19.1. The lowest BCUT2D eigenvalue weighted by Crippen LogP contribution is -2.60. The number of H-pyrrole nitrogens is 1. The summed E-state index contributed by atoms with van der Waals surface area (Å²) < 4.78 is 0. The highest BCUT2D eigenvalue weighted by Crippen LogP contribution is 2.21. The summed E-state index contributed by atoms with van der Waals surface area (Å²) in [6, 6.07) is 18.9. The lowest BCUT2D eigenvalue weighted by Gasteiger charge is -2.28. The van der Waals surface area contributed by atoms with E-state index in [9.17, 15) is 38.4 Å². The number of benzene rings is 4. The van der Waals surface area contributed by atoms with E-state index in [0.29, 0.717) is 43.4 Å². The normalized spacial score (nSPS) is 20.2. The highest BCUT2D eigenvalue weighted by atomic mass is 16.2. The van der Waals surface area contributed by atoms with E-state index in [2.05, 4.69) is 57.5 Å². The Hall–Kier alpha value is -8.36. The molecule has 0 spiro atoms. The number of unbranched alkanes of at least 4 members (excludes halogenated alkanes) is 1. The molecule has 76 heavy (non-hydrogen) atoms. The molecule has 6 rings (SSSR count). The third kappa shape index (κ3) is 17.7. The molecule has 21 heteroatoms. The molecule has 0 bridgehead atoms. The summed E-state index contributed by atoms with van der Waals surface area (Å²) in [5, 5.41) is 26.0. The van der Waals surface area contributed by atoms with Gasteiger partial charge in [-0.3, -0.25) is 43.3 Å². The van der Waals surface area contributed by atoms with Gasteiger partial charge in [-0.2, -0.15) is 0 Å². The zero-order valence-electron chi connectivity index (χ0n) is 43.1. The van der Waals surface area contributed by atoms with Gasteiger partial charge >= 0.3 is 0 Å². The highest BCUT2D eigenvalue weighted by Gasteiger charge is 2.35. The number of amides is 8. The number of guanidine groups is 1. The summed E-state index contributed by atoms with van der Waals surface area (Å²) in [5.41, 5.74) is 13.1. The van der Waals surface area contributed by atoms with Gasteiger partial charge in [-0.05, 0) is 71.2 Å². The Labute approximate surface area is 441 Å². The molecule has 0 unspecified atom stereocenters. The fourth-order valence-electron chi connectivity index (χ4n) is 9.05. The molecule has 0 aliphatic carbocycles. The van der Waals surface area contributed by atoms with Gasteiger partial charge in [0.2, 0.25) is 47.3 Å². The predicted octanol–water partition coefficient (Wildman–Crippen LogP) is 1.72. The summed E-state index contributed by atoms with van der Waals surface area (Å²) in [4.78, 5) is 124. The van der Waals surface area contributed by atoms with Crippen LogP contribution in [0, 0.1) is 0 Å². The van der Waals surface area contributed by atoms with Crippen LogP contribution in [0.2, 0.25) is 0 Å². The number of aromatic amines is 1. The molecular weight excluding hydrogens is 971 g/mol. The first-order valence-corrected chi connectivity index (χ1v) is 26.0. The minimum atomic E-state index is -1.52. The highest BCUT2D eigenvalue weighted by molar-refractivity contribution is 5.99. The molecule has 1 fully saturated rings. The maximum Gasteiger partial charge on any atom is 0.243 e. The lowest BCUT2D eigenvalue weighted by atomic mass is 9.97. The minimum absolute atomic E-state index is 0.0210. The number of rotatable bonds is 16. The van der Waals surface area contributed by atoms with Crippen LogP contribution >= 0.6 is 0 Å². The van der Waals surface area contributed by atoms with E-state index in [-0.39, 0.29) is 64.1 Å². The maximum atomic E-state index is 15.0. The average molecular weight is 1040 g/mol. The summed E-state index contributed by atoms with van der Waals surface area (Å²) in [7, 11) is 0. The molecule has 13 N–H and O–H groups in total. The number of carbonyl (C=O) groups excluding carboxylic acids is 8. The summed E-state index contributed by atoms with van der Waals surface area (Å²) in [5.74, 6) is -5.50. The number of fused-ring (bicyclic) bond motifs is 2. The second kappa shape index (κ2) is 28.9. The molecule has 404 valence electrons. The number of aromatic nitrogens is 2. The van der Waals surface area contributed by atoms with Crippen LogP contribution < -0.4 is 54.0 Å². The van der Waals surface area contributed by atoms with Crippen LogP contribution in [-0.4, -0.2) is 119 Å². The Morgan fingerprint density at radius 2 is 1.34 bits per heavy atom. The van der Waals surface area contributed by atoms with Crippen molar-refractivity contribution in [1.29, 1.82) is 0 Å². The van der Waals surface area contributed by atoms with Crippen LogP contribution in [0.1, 0.15) is 88.5 Å². The van der Waals surface area contributed by atoms with Gasteiger partial charge in [-0.1, -0.05) is 105 Å². The van der Waals surface area contributed by atoms with E-state index in [1.165, 1.54) is 19.4 Å². The number of nitrogens with zero attached hydrogens (tertiary/aromatic N) is 2. The topological polar surface area (TPSA) is 326 Å². The van der Waals surface area contributed by atoms with Crippen molar-refractivity contribution in [2.75, 3.05) is 19.6 Å². The quantitative estimate of drug-likeness (QED) is 0.0384. The van der Waals surface area contributed by atoms with Crippen molar-refractivity contribution in [3.63, 3.8) is 0 Å². The van der Waals surface area contributed by atoms with Gasteiger partial charge in [0.05, 0.1) is 12.7 Å². The van der Waals surface area contributed by atoms with Crippen molar-refractivity contribution >= 4 is 74.8 Å². The predicted molar refractivity (Wildman–Crippen MR) is 289 cm³/mol. The van der Waals surface area contributed by atoms with Crippen LogP contribution in [0.15, 0.2) is 102 Å². The molecule has 2 heterocycles. The van der Waals surface area contributed by atoms with Crippen LogP contribution in [-0.2, 0) is 57.6 Å². The number of hydrogen-bond donors (Lipinski definition) is 11. The molecule has 1 aliphatic rings. The second-order valence-corrected chi connectivity index (χ2v) is 19.1. The van der Waals surface area contributed by atoms with Crippen molar-refractivity contribution in [2.24, 2.45) is 16.5 Å². The molecular formula is C55H71N13O8. The molecule has 8 amide bonds. The van der Waals surface area contributed by atoms with Gasteiger partial charge in [0.1, 0.15) is 36.3 Å². The van der Waals surface area contributed by atoms with Crippen molar-refractivity contribution < 1.29 is 38.4 Å². The van der Waals surface area contributed by atoms with Gasteiger partial charge < -0.3 is 59.0 Å². The Kier molecular flexibility index (Phi) is 21.7. The maximum absolute atomic E-state index is 15.0. The van der Waals surface area contributed by atoms with E-state index >= 15 is 0 Å². The Balaban J connectivity index is 1.38. The Morgan fingerprint density at radius 3 is 2.05 bits per heavy atom. The average Bonchev–Trinajstić information content (AvgIpc) is 3.92. The molecule has 5 aromatic rings. The third-order valence-electron chi connectivity index (χ3n) is 13.1. The standard InChI is InChI=1S/C55H71N13O8/c1-3-4-20-42(63-34(2)69)50(72)68-47-31-48(70)59-24-10-5-11-25-60-49(71)44(28-35-22-23-36-14-6-7-16-38(36)27-35)65-51(73)43(21-13-26-61-55(56)57)64-52(74)45(29-39-18-12-17-37-15-8-9-19-41(37)39)66-53(75)46(67-54(47)76)30-40-32-58-33-62-40/h6-9,12,14-19,22-23,27,32-33,42-47H,3-5,10-11,13,20-21,24-26,28-31H2,1-2H3,(H,58,62)(H,59,70)(H,60,71)(H,63,69)(H,64,74)(H,65,73)(H,66,75)(H,67,76)(H,68,72)(H4,56,57,61)/t42-,43-,44-,45+,46-,47-/m0/s1. The van der Waals surface area contributed by atoms with Gasteiger partial charge in [0.15, 0.2) is 5.96 Å². The number of nitrogens with two attached hydrogens (primary N) is 2. The van der Waals surface area contributed by atoms with Crippen LogP contribution in [0.5, 0.6) is 0 Å². The number of aliphatic imine (C=N–C) groups is 1. The van der Waals surface area contributed by atoms with E-state index in [4.69, 9.17) is 11.5 Å². The van der Waals surface area contributed by atoms with Crippen molar-refractivity contribution in [2.45, 2.75) is 127 Å². The SMILES string of the molecule is CCCC[C@H](NC(C)=O)C(=O)N[C@H]1CC(=O)NCCCCCNC(=O)[C@H](Cc2ccc3ccccc3c2)NC(=O)[C@H](CCCN=C(N)N)NC(=O)[C@@H](Cc2cccc3ccccc23)NC(=O)[C@H](Cc2cnc[nH]2)NC1=O. The van der Waals surface area contributed by atoms with E-state index in [1.54, 1.807) is 0 Å². The van der Waals surface area contributed by atoms with Gasteiger partial charge in [-0.25, -0.2) is 4.98 Å². The molecule has 0 saturated carbocycles. The number of hydrogen-bond acceptors (Lipinski definition) is 10. The number of nitrogens with one attached hydrogen (secondary N) is 9. The summed E-state index contributed by atoms with van der Waals surface area (Å²) >= 11 is 0. The van der Waals surface area contributed by atoms with Crippen molar-refractivity contribution in [3.8, 4) is 0 Å². The molecule has 1 aromatic heterocycles. The molecule has 6 atom stereocenters.